The molecule has 0 radical (unpaired) electrons. The van der Waals surface area contributed by atoms with E-state index in [1.165, 1.54) is 48.4 Å². The van der Waals surface area contributed by atoms with Gasteiger partial charge >= 0.3 is 0 Å². The van der Waals surface area contributed by atoms with E-state index in [4.69, 9.17) is 11.6 Å². The average molecular weight is 389 g/mol. The maximum Gasteiger partial charge on any atom is 0.0959 e. The molecule has 4 aliphatic rings. The summed E-state index contributed by atoms with van der Waals surface area (Å²) >= 11 is 6.38. The van der Waals surface area contributed by atoms with Crippen molar-refractivity contribution in [2.24, 2.45) is 23.7 Å². The molecule has 4 fully saturated rings. The quantitative estimate of drug-likeness (QED) is 0.511. The maximum absolute atomic E-state index is 12.3. The van der Waals surface area contributed by atoms with E-state index in [-0.39, 0.29) is 0 Å². The SMILES string of the molecule is OC1(c2ccc3ccccc3c2-c2cccc(Cl)c2)C2CC3CC(C2)CC1C3. The van der Waals surface area contributed by atoms with Crippen LogP contribution in [0.2, 0.25) is 5.02 Å². The molecule has 0 unspecified atom stereocenters. The van der Waals surface area contributed by atoms with Crippen molar-refractivity contribution >= 4 is 22.4 Å². The molecule has 0 amide bonds. The molecule has 0 aliphatic heterocycles. The van der Waals surface area contributed by atoms with Gasteiger partial charge in [0.25, 0.3) is 0 Å². The normalized spacial score (nSPS) is 33.5. The van der Waals surface area contributed by atoms with E-state index in [0.717, 1.165) is 28.0 Å². The summed E-state index contributed by atoms with van der Waals surface area (Å²) in [6, 6.07) is 21.1. The van der Waals surface area contributed by atoms with Gasteiger partial charge < -0.3 is 5.11 Å². The highest BCUT2D eigenvalue weighted by Gasteiger charge is 2.57. The first-order chi connectivity index (χ1) is 13.6. The molecule has 3 aromatic rings. The third-order valence-electron chi connectivity index (χ3n) is 7.86. The smallest absolute Gasteiger partial charge is 0.0959 e. The summed E-state index contributed by atoms with van der Waals surface area (Å²) in [5.74, 6) is 2.45. The number of rotatable bonds is 2. The van der Waals surface area contributed by atoms with E-state index in [0.29, 0.717) is 11.8 Å². The van der Waals surface area contributed by atoms with Crippen LogP contribution in [0.25, 0.3) is 21.9 Å². The topological polar surface area (TPSA) is 20.2 Å². The van der Waals surface area contributed by atoms with Gasteiger partial charge in [-0.1, -0.05) is 60.1 Å². The molecule has 0 aromatic heterocycles. The lowest BCUT2D eigenvalue weighted by Gasteiger charge is -2.59. The third kappa shape index (κ3) is 2.36. The van der Waals surface area contributed by atoms with Crippen LogP contribution in [-0.4, -0.2) is 5.11 Å². The second-order valence-electron chi connectivity index (χ2n) is 9.35. The van der Waals surface area contributed by atoms with Gasteiger partial charge in [-0.15, -0.1) is 0 Å². The van der Waals surface area contributed by atoms with Crippen molar-refractivity contribution in [1.29, 1.82) is 0 Å². The second kappa shape index (κ2) is 6.08. The molecule has 1 nitrogen and oxygen atoms in total. The summed E-state index contributed by atoms with van der Waals surface area (Å²) in [6.45, 7) is 0. The molecule has 1 N–H and O–H groups in total. The van der Waals surface area contributed by atoms with Crippen molar-refractivity contribution in [3.8, 4) is 11.1 Å². The monoisotopic (exact) mass is 388 g/mol. The van der Waals surface area contributed by atoms with Crippen LogP contribution in [0.5, 0.6) is 0 Å². The fraction of sp³-hybridized carbons (Fsp3) is 0.385. The van der Waals surface area contributed by atoms with Crippen LogP contribution in [0.3, 0.4) is 0 Å². The maximum atomic E-state index is 12.3. The molecule has 0 atom stereocenters. The summed E-state index contributed by atoms with van der Waals surface area (Å²) in [5.41, 5.74) is 2.70. The predicted octanol–water partition coefficient (Wildman–Crippen LogP) is 6.80. The van der Waals surface area contributed by atoms with E-state index in [9.17, 15) is 5.11 Å². The average Bonchev–Trinajstić information content (AvgIpc) is 2.70. The zero-order valence-corrected chi connectivity index (χ0v) is 16.7. The molecular formula is C26H25ClO. The van der Waals surface area contributed by atoms with Gasteiger partial charge in [0.15, 0.2) is 0 Å². The van der Waals surface area contributed by atoms with Gasteiger partial charge in [-0.25, -0.2) is 0 Å². The molecule has 4 aliphatic carbocycles. The highest BCUT2D eigenvalue weighted by molar-refractivity contribution is 6.31. The fourth-order valence-corrected chi connectivity index (χ4v) is 7.09. The van der Waals surface area contributed by atoms with Crippen molar-refractivity contribution in [3.63, 3.8) is 0 Å². The highest BCUT2D eigenvalue weighted by atomic mass is 35.5. The van der Waals surface area contributed by atoms with Crippen molar-refractivity contribution in [1.82, 2.24) is 0 Å². The molecule has 4 saturated carbocycles. The predicted molar refractivity (Wildman–Crippen MR) is 115 cm³/mol. The van der Waals surface area contributed by atoms with E-state index in [2.05, 4.69) is 42.5 Å². The van der Waals surface area contributed by atoms with Crippen LogP contribution in [0.1, 0.15) is 37.7 Å². The second-order valence-corrected chi connectivity index (χ2v) is 9.79. The molecule has 4 bridgehead atoms. The van der Waals surface area contributed by atoms with Gasteiger partial charge in [0.1, 0.15) is 0 Å². The zero-order chi connectivity index (χ0) is 18.9. The molecule has 2 heteroatoms. The molecule has 28 heavy (non-hydrogen) atoms. The van der Waals surface area contributed by atoms with Gasteiger partial charge in [0.2, 0.25) is 0 Å². The zero-order valence-electron chi connectivity index (χ0n) is 15.9. The van der Waals surface area contributed by atoms with E-state index in [1.807, 2.05) is 18.2 Å². The summed E-state index contributed by atoms with van der Waals surface area (Å²) in [4.78, 5) is 0. The number of halogens is 1. The van der Waals surface area contributed by atoms with Crippen LogP contribution in [0, 0.1) is 23.7 Å². The number of hydrogen-bond donors (Lipinski definition) is 1. The Bertz CT molecular complexity index is 1040. The number of hydrogen-bond acceptors (Lipinski definition) is 1. The van der Waals surface area contributed by atoms with Gasteiger partial charge in [0, 0.05) is 5.02 Å². The van der Waals surface area contributed by atoms with Crippen molar-refractivity contribution in [2.75, 3.05) is 0 Å². The van der Waals surface area contributed by atoms with Crippen LogP contribution < -0.4 is 0 Å². The Hall–Kier alpha value is -1.83. The van der Waals surface area contributed by atoms with Crippen LogP contribution >= 0.6 is 11.6 Å². The summed E-state index contributed by atoms with van der Waals surface area (Å²) in [6.07, 6.45) is 6.13. The summed E-state index contributed by atoms with van der Waals surface area (Å²) < 4.78 is 0. The van der Waals surface area contributed by atoms with Gasteiger partial charge in [0.05, 0.1) is 5.60 Å². The molecule has 0 spiro atoms. The molecule has 3 aromatic carbocycles. The van der Waals surface area contributed by atoms with E-state index < -0.39 is 5.60 Å². The largest absolute Gasteiger partial charge is 0.385 e. The molecule has 0 saturated heterocycles. The lowest BCUT2D eigenvalue weighted by molar-refractivity contribution is -0.179. The Kier molecular flexibility index (Phi) is 3.71. The van der Waals surface area contributed by atoms with Crippen LogP contribution in [0.15, 0.2) is 60.7 Å². The van der Waals surface area contributed by atoms with Crippen molar-refractivity contribution in [3.05, 3.63) is 71.2 Å². The number of benzene rings is 3. The summed E-state index contributed by atoms with van der Waals surface area (Å²) in [7, 11) is 0. The fourth-order valence-electron chi connectivity index (χ4n) is 6.90. The summed E-state index contributed by atoms with van der Waals surface area (Å²) in [5, 5.41) is 15.5. The van der Waals surface area contributed by atoms with Gasteiger partial charge in [-0.3, -0.25) is 0 Å². The highest BCUT2D eigenvalue weighted by Crippen LogP contribution is 2.63. The Morgan fingerprint density at radius 3 is 2.21 bits per heavy atom. The lowest BCUT2D eigenvalue weighted by atomic mass is 9.48. The minimum absolute atomic E-state index is 0.392. The molecule has 0 heterocycles. The van der Waals surface area contributed by atoms with E-state index in [1.54, 1.807) is 0 Å². The van der Waals surface area contributed by atoms with Crippen molar-refractivity contribution in [2.45, 2.75) is 37.7 Å². The van der Waals surface area contributed by atoms with Gasteiger partial charge in [-0.05, 0) is 95.4 Å². The first-order valence-corrected chi connectivity index (χ1v) is 11.0. The molecule has 7 rings (SSSR count). The Balaban J connectivity index is 1.63. The number of aliphatic hydroxyl groups is 1. The van der Waals surface area contributed by atoms with E-state index >= 15 is 0 Å². The van der Waals surface area contributed by atoms with Crippen LogP contribution in [0.4, 0.5) is 0 Å². The first-order valence-electron chi connectivity index (χ1n) is 10.6. The number of fused-ring (bicyclic) bond motifs is 1. The van der Waals surface area contributed by atoms with Gasteiger partial charge in [-0.2, -0.15) is 0 Å². The third-order valence-corrected chi connectivity index (χ3v) is 8.09. The minimum Gasteiger partial charge on any atom is -0.385 e. The minimum atomic E-state index is -0.713. The molecule has 142 valence electrons. The molecular weight excluding hydrogens is 364 g/mol. The Labute approximate surface area is 171 Å². The Morgan fingerprint density at radius 1 is 0.786 bits per heavy atom. The lowest BCUT2D eigenvalue weighted by Crippen LogP contribution is -2.55. The van der Waals surface area contributed by atoms with Crippen LogP contribution in [-0.2, 0) is 5.60 Å². The Morgan fingerprint density at radius 2 is 1.50 bits per heavy atom. The standard InChI is InChI=1S/C26H25ClO/c27-22-6-3-5-19(15-22)25-23-7-2-1-4-18(23)8-9-24(25)26(28)20-11-16-10-17(13-20)14-21(26)12-16/h1-9,15-17,20-21,28H,10-14H2. The van der Waals surface area contributed by atoms with Crippen molar-refractivity contribution < 1.29 is 5.11 Å². The first kappa shape index (κ1) is 17.1.